The zero-order valence-corrected chi connectivity index (χ0v) is 19.2. The Morgan fingerprint density at radius 3 is 2.66 bits per heavy atom. The molecule has 1 fully saturated rings. The van der Waals surface area contributed by atoms with Gasteiger partial charge >= 0.3 is 51.4 Å². The second kappa shape index (κ2) is 8.52. The number of carboxylic acids is 1. The monoisotopic (exact) mass is 412 g/mol. The first-order valence-corrected chi connectivity index (χ1v) is 8.98. The molecule has 0 aliphatic carbocycles. The molecule has 3 atom stereocenters. The van der Waals surface area contributed by atoms with Crippen molar-refractivity contribution in [2.24, 2.45) is 5.92 Å². The summed E-state index contributed by atoms with van der Waals surface area (Å²) in [7, 11) is 0. The van der Waals surface area contributed by atoms with Crippen molar-refractivity contribution >= 4 is 34.3 Å². The molecule has 2 aliphatic heterocycles. The maximum atomic E-state index is 12.3. The molecule has 1 amide bonds. The van der Waals surface area contributed by atoms with Gasteiger partial charge in [0.1, 0.15) is 0 Å². The first kappa shape index (κ1) is 21.9. The minimum Gasteiger partial charge on any atom is -0.543 e. The van der Waals surface area contributed by atoms with Gasteiger partial charge in [0, 0.05) is 6.08 Å². The van der Waals surface area contributed by atoms with E-state index in [1.807, 2.05) is 42.5 Å². The van der Waals surface area contributed by atoms with Crippen LogP contribution in [0.5, 0.6) is 0 Å². The average Bonchev–Trinajstić information content (AvgIpc) is 3.00. The van der Waals surface area contributed by atoms with Gasteiger partial charge in [0.15, 0.2) is 0 Å². The Morgan fingerprint density at radius 1 is 1.31 bits per heavy atom. The number of hydrogen-bond acceptors (Lipinski definition) is 5. The maximum absolute atomic E-state index is 12.3. The van der Waals surface area contributed by atoms with Crippen LogP contribution in [0.15, 0.2) is 48.2 Å². The molecule has 140 valence electrons. The van der Waals surface area contributed by atoms with Gasteiger partial charge < -0.3 is 19.9 Å². The predicted octanol–water partition coefficient (Wildman–Crippen LogP) is -1.55. The summed E-state index contributed by atoms with van der Waals surface area (Å²) in [6.45, 7) is 1.55. The molecule has 7 heteroatoms. The average molecular weight is 412 g/mol. The van der Waals surface area contributed by atoms with Crippen LogP contribution in [0.4, 0.5) is 0 Å². The minimum absolute atomic E-state index is 0. The van der Waals surface area contributed by atoms with Crippen molar-refractivity contribution in [2.45, 2.75) is 25.5 Å². The van der Waals surface area contributed by atoms with E-state index in [1.165, 1.54) is 11.0 Å². The molecular formula is C22H17KN2O4. The maximum Gasteiger partial charge on any atom is 1.00 e. The zero-order valence-electron chi connectivity index (χ0n) is 16.1. The van der Waals surface area contributed by atoms with Crippen LogP contribution in [0.25, 0.3) is 22.4 Å². The molecule has 6 nitrogen and oxygen atoms in total. The van der Waals surface area contributed by atoms with E-state index >= 15 is 0 Å². The molecule has 4 rings (SSSR count). The van der Waals surface area contributed by atoms with E-state index < -0.39 is 18.0 Å². The number of rotatable bonds is 4. The molecule has 0 aromatic heterocycles. The number of allylic oxidation sites excluding steroid dienone is 1. The minimum atomic E-state index is -1.38. The Labute approximate surface area is 210 Å². The summed E-state index contributed by atoms with van der Waals surface area (Å²) in [5.41, 5.74) is 2.07. The summed E-state index contributed by atoms with van der Waals surface area (Å²) in [5.74, 6) is -2.34. The Bertz CT molecular complexity index is 1110. The molecule has 29 heavy (non-hydrogen) atoms. The number of aliphatic hydroxyl groups is 1. The SMILES string of the molecule is C[C@@H](O)[C@H]1C(=O)N2C(C(=O)[O-])=C(c3ccc4cc(/C=C\C#N)ccc4c3)C[C@H]12.[K+]. The van der Waals surface area contributed by atoms with Gasteiger partial charge in [0.25, 0.3) is 0 Å². The molecule has 0 saturated carbocycles. The van der Waals surface area contributed by atoms with Gasteiger partial charge in [0.2, 0.25) is 5.91 Å². The largest absolute Gasteiger partial charge is 1.00 e. The number of fused-ring (bicyclic) bond motifs is 2. The number of nitrogens with zero attached hydrogens (tertiary/aromatic N) is 2. The summed E-state index contributed by atoms with van der Waals surface area (Å²) in [5, 5.41) is 32.1. The van der Waals surface area contributed by atoms with Crippen LogP contribution in [0.3, 0.4) is 0 Å². The van der Waals surface area contributed by atoms with Crippen LogP contribution >= 0.6 is 0 Å². The molecule has 0 unspecified atom stereocenters. The molecule has 1 saturated heterocycles. The standard InChI is InChI=1S/C22H18N2O4.K/c1-12(25)19-18-11-17(20(22(27)28)24(18)21(19)26)16-7-6-14-9-13(3-2-8-23)4-5-15(14)10-16;/h2-7,9-10,12,18-19,25H,11H2,1H3,(H,27,28);/q;+1/p-1/b3-2-;/t12-,18-,19-;/m1./s1. The van der Waals surface area contributed by atoms with E-state index in [0.717, 1.165) is 21.9 Å². The van der Waals surface area contributed by atoms with Crippen molar-refractivity contribution in [1.29, 1.82) is 5.26 Å². The van der Waals surface area contributed by atoms with Gasteiger partial charge in [-0.25, -0.2) is 0 Å². The number of benzene rings is 2. The molecule has 0 radical (unpaired) electrons. The van der Waals surface area contributed by atoms with E-state index in [2.05, 4.69) is 0 Å². The second-order valence-electron chi connectivity index (χ2n) is 7.14. The second-order valence-corrected chi connectivity index (χ2v) is 7.14. The van der Waals surface area contributed by atoms with Crippen LogP contribution in [0.2, 0.25) is 0 Å². The topological polar surface area (TPSA) is 104 Å². The Morgan fingerprint density at radius 2 is 2.00 bits per heavy atom. The van der Waals surface area contributed by atoms with E-state index in [-0.39, 0.29) is 69.0 Å². The van der Waals surface area contributed by atoms with Crippen LogP contribution in [0.1, 0.15) is 24.5 Å². The fraction of sp³-hybridized carbons (Fsp3) is 0.227. The van der Waals surface area contributed by atoms with Crippen molar-refractivity contribution in [3.8, 4) is 6.07 Å². The number of amides is 1. The summed E-state index contributed by atoms with van der Waals surface area (Å²) in [6.07, 6.45) is 2.67. The summed E-state index contributed by atoms with van der Waals surface area (Å²) < 4.78 is 0. The normalized spacial score (nSPS) is 21.6. The van der Waals surface area contributed by atoms with E-state index in [9.17, 15) is 19.8 Å². The molecule has 2 aromatic carbocycles. The number of hydrogen-bond donors (Lipinski definition) is 1. The van der Waals surface area contributed by atoms with Gasteiger partial charge in [-0.2, -0.15) is 5.26 Å². The van der Waals surface area contributed by atoms with Gasteiger partial charge in [-0.3, -0.25) is 4.79 Å². The van der Waals surface area contributed by atoms with E-state index in [4.69, 9.17) is 5.26 Å². The Balaban J connectivity index is 0.00000240. The summed E-state index contributed by atoms with van der Waals surface area (Å²) >= 11 is 0. The molecule has 0 spiro atoms. The number of nitriles is 1. The third-order valence-electron chi connectivity index (χ3n) is 5.48. The van der Waals surface area contributed by atoms with E-state index in [0.29, 0.717) is 12.0 Å². The number of carboxylic acid groups (broad SMARTS) is 1. The molecule has 2 aromatic rings. The van der Waals surface area contributed by atoms with Crippen molar-refractivity contribution < 1.29 is 71.2 Å². The number of aliphatic hydroxyl groups excluding tert-OH is 1. The van der Waals surface area contributed by atoms with Crippen molar-refractivity contribution in [1.82, 2.24) is 4.90 Å². The van der Waals surface area contributed by atoms with Gasteiger partial charge in [-0.05, 0) is 59.0 Å². The third-order valence-corrected chi connectivity index (χ3v) is 5.48. The van der Waals surface area contributed by atoms with Crippen LogP contribution in [0, 0.1) is 17.2 Å². The molecule has 1 N–H and O–H groups in total. The zero-order chi connectivity index (χ0) is 20.0. The Hall–Kier alpha value is -1.79. The number of carbonyl (C=O) groups is 2. The third kappa shape index (κ3) is 3.72. The van der Waals surface area contributed by atoms with Crippen molar-refractivity contribution in [3.63, 3.8) is 0 Å². The van der Waals surface area contributed by atoms with Gasteiger partial charge in [-0.1, -0.05) is 24.3 Å². The van der Waals surface area contributed by atoms with Crippen LogP contribution < -0.4 is 56.5 Å². The molecular weight excluding hydrogens is 395 g/mol. The number of β-lactam (4-membered cyclic amide) rings is 1. The predicted molar refractivity (Wildman–Crippen MR) is 101 cm³/mol. The first-order chi connectivity index (χ1) is 13.4. The van der Waals surface area contributed by atoms with E-state index in [1.54, 1.807) is 13.0 Å². The van der Waals surface area contributed by atoms with Crippen LogP contribution in [-0.2, 0) is 9.59 Å². The van der Waals surface area contributed by atoms with Crippen LogP contribution in [-0.4, -0.2) is 34.0 Å². The fourth-order valence-electron chi connectivity index (χ4n) is 4.21. The number of aliphatic carboxylic acids is 1. The van der Waals surface area contributed by atoms with Crippen molar-refractivity contribution in [3.05, 3.63) is 59.3 Å². The Kier molecular flexibility index (Phi) is 6.44. The number of carbonyl (C=O) groups excluding carboxylic acids is 2. The quantitative estimate of drug-likeness (QED) is 0.372. The molecule has 2 heterocycles. The summed E-state index contributed by atoms with van der Waals surface area (Å²) in [6, 6.07) is 12.9. The smallest absolute Gasteiger partial charge is 0.543 e. The molecule has 2 aliphatic rings. The first-order valence-electron chi connectivity index (χ1n) is 8.98. The summed E-state index contributed by atoms with van der Waals surface area (Å²) in [4.78, 5) is 25.3. The van der Waals surface area contributed by atoms with Gasteiger partial charge in [-0.15, -0.1) is 0 Å². The fourth-order valence-corrected chi connectivity index (χ4v) is 4.21. The van der Waals surface area contributed by atoms with Gasteiger partial charge in [0.05, 0.1) is 35.8 Å². The molecule has 0 bridgehead atoms. The van der Waals surface area contributed by atoms with Crippen molar-refractivity contribution in [2.75, 3.05) is 0 Å².